The maximum Gasteiger partial charge on any atom is 0.133 e. The molecular formula is C28H38ClN3. The number of alkyl halides is 1. The minimum absolute atomic E-state index is 0.220. The van der Waals surface area contributed by atoms with Gasteiger partial charge in [0.05, 0.1) is 6.54 Å². The van der Waals surface area contributed by atoms with E-state index < -0.39 is 0 Å². The molecule has 0 bridgehead atoms. The lowest BCUT2D eigenvalue weighted by molar-refractivity contribution is 0.628. The minimum Gasteiger partial charge on any atom is -0.328 e. The number of nitrogens with one attached hydrogen (secondary N) is 1. The molecular weight excluding hydrogens is 414 g/mol. The van der Waals surface area contributed by atoms with Crippen molar-refractivity contribution >= 4 is 23.3 Å². The van der Waals surface area contributed by atoms with Crippen molar-refractivity contribution in [1.82, 2.24) is 5.32 Å². The second kappa shape index (κ2) is 13.9. The van der Waals surface area contributed by atoms with Gasteiger partial charge in [-0.2, -0.15) is 0 Å². The fourth-order valence-corrected chi connectivity index (χ4v) is 3.80. The van der Waals surface area contributed by atoms with Gasteiger partial charge in [-0.1, -0.05) is 73.7 Å². The number of aliphatic imine (C=N–C) groups is 2. The van der Waals surface area contributed by atoms with E-state index in [-0.39, 0.29) is 11.3 Å². The normalized spacial score (nSPS) is 19.4. The van der Waals surface area contributed by atoms with Gasteiger partial charge in [-0.05, 0) is 57.1 Å². The molecule has 0 heterocycles. The average Bonchev–Trinajstić information content (AvgIpc) is 2.82. The number of hydrogen-bond donors (Lipinski definition) is 1. The van der Waals surface area contributed by atoms with Gasteiger partial charge >= 0.3 is 0 Å². The van der Waals surface area contributed by atoms with Crippen molar-refractivity contribution in [2.75, 3.05) is 7.05 Å². The van der Waals surface area contributed by atoms with Gasteiger partial charge in [-0.25, -0.2) is 0 Å². The molecule has 1 aromatic carbocycles. The fraction of sp³-hybridized carbons (Fsp3) is 0.429. The summed E-state index contributed by atoms with van der Waals surface area (Å²) in [4.78, 5) is 9.47. The summed E-state index contributed by atoms with van der Waals surface area (Å²) in [6.45, 7) is 9.01. The van der Waals surface area contributed by atoms with Crippen LogP contribution in [0.1, 0.15) is 64.0 Å². The Balaban J connectivity index is 2.17. The van der Waals surface area contributed by atoms with E-state index in [1.165, 1.54) is 11.1 Å². The Hall–Kier alpha value is -2.39. The first-order valence-electron chi connectivity index (χ1n) is 11.6. The molecule has 3 nitrogen and oxygen atoms in total. The summed E-state index contributed by atoms with van der Waals surface area (Å²) < 4.78 is 0. The number of rotatable bonds is 9. The monoisotopic (exact) mass is 451 g/mol. The molecule has 172 valence electrons. The number of hydrogen-bond acceptors (Lipinski definition) is 2. The number of nitrogens with zero attached hydrogens (tertiary/aromatic N) is 2. The van der Waals surface area contributed by atoms with Gasteiger partial charge in [-0.3, -0.25) is 9.98 Å². The molecule has 1 aliphatic rings. The highest BCUT2D eigenvalue weighted by Crippen LogP contribution is 2.23. The van der Waals surface area contributed by atoms with Crippen LogP contribution in [0.3, 0.4) is 0 Å². The lowest BCUT2D eigenvalue weighted by Gasteiger charge is -2.20. The summed E-state index contributed by atoms with van der Waals surface area (Å²) in [5.74, 6) is 2.52. The van der Waals surface area contributed by atoms with Crippen LogP contribution in [0.2, 0.25) is 0 Å². The van der Waals surface area contributed by atoms with Crippen LogP contribution in [-0.2, 0) is 6.54 Å². The first-order valence-corrected chi connectivity index (χ1v) is 12.1. The number of amidine groups is 2. The number of halogens is 1. The van der Waals surface area contributed by atoms with E-state index >= 15 is 0 Å². The topological polar surface area (TPSA) is 36.8 Å². The van der Waals surface area contributed by atoms with Gasteiger partial charge in [0.1, 0.15) is 11.7 Å². The van der Waals surface area contributed by atoms with E-state index in [0.717, 1.165) is 36.5 Å². The van der Waals surface area contributed by atoms with Crippen molar-refractivity contribution in [3.63, 3.8) is 0 Å². The van der Waals surface area contributed by atoms with Crippen molar-refractivity contribution in [3.8, 4) is 0 Å². The van der Waals surface area contributed by atoms with Crippen LogP contribution in [0.5, 0.6) is 0 Å². The summed E-state index contributed by atoms with van der Waals surface area (Å²) in [7, 11) is 1.81. The Kier molecular flexibility index (Phi) is 11.2. The first kappa shape index (κ1) is 25.9. The Labute approximate surface area is 199 Å². The predicted molar refractivity (Wildman–Crippen MR) is 142 cm³/mol. The standard InChI is InChI=1S/C28H38ClN3/c1-6-11-24(7-2)27(30-5)32-28(26-12-9-8-10-13-26)31-20-23-16-18-25(19-17-23)21(3)14-15-22(4)29/h6-12,16-19,21-22,26H,13-15,20H2,1-5H3,(H,30,31,32)/b11-6-,24-7+. The summed E-state index contributed by atoms with van der Waals surface area (Å²) in [5, 5.41) is 3.75. The van der Waals surface area contributed by atoms with Crippen molar-refractivity contribution in [2.45, 2.75) is 64.8 Å². The quantitative estimate of drug-likeness (QED) is 0.181. The smallest absolute Gasteiger partial charge is 0.133 e. The van der Waals surface area contributed by atoms with Crippen LogP contribution in [0.25, 0.3) is 0 Å². The van der Waals surface area contributed by atoms with E-state index in [2.05, 4.69) is 84.9 Å². The second-order valence-electron chi connectivity index (χ2n) is 8.30. The molecule has 0 radical (unpaired) electrons. The van der Waals surface area contributed by atoms with E-state index in [0.29, 0.717) is 12.5 Å². The van der Waals surface area contributed by atoms with E-state index in [1.54, 1.807) is 0 Å². The summed E-state index contributed by atoms with van der Waals surface area (Å²) in [6, 6.07) is 8.85. The summed E-state index contributed by atoms with van der Waals surface area (Å²) in [5.41, 5.74) is 3.62. The van der Waals surface area contributed by atoms with Crippen LogP contribution in [0.15, 0.2) is 82.4 Å². The lowest BCUT2D eigenvalue weighted by Crippen LogP contribution is -2.36. The van der Waals surface area contributed by atoms with Crippen LogP contribution in [-0.4, -0.2) is 24.1 Å². The van der Waals surface area contributed by atoms with Gasteiger partial charge in [0.15, 0.2) is 0 Å². The van der Waals surface area contributed by atoms with Gasteiger partial charge in [0.25, 0.3) is 0 Å². The molecule has 0 aliphatic heterocycles. The second-order valence-corrected chi connectivity index (χ2v) is 9.04. The van der Waals surface area contributed by atoms with Gasteiger partial charge in [0.2, 0.25) is 0 Å². The average molecular weight is 452 g/mol. The third kappa shape index (κ3) is 8.27. The molecule has 0 saturated heterocycles. The van der Waals surface area contributed by atoms with Gasteiger partial charge in [-0.15, -0.1) is 11.6 Å². The molecule has 2 rings (SSSR count). The van der Waals surface area contributed by atoms with E-state index in [1.807, 2.05) is 27.0 Å². The maximum absolute atomic E-state index is 6.12. The first-order chi connectivity index (χ1) is 15.5. The highest BCUT2D eigenvalue weighted by atomic mass is 35.5. The third-order valence-corrected chi connectivity index (χ3v) is 5.93. The van der Waals surface area contributed by atoms with Crippen molar-refractivity contribution in [2.24, 2.45) is 15.9 Å². The van der Waals surface area contributed by atoms with Crippen molar-refractivity contribution in [1.29, 1.82) is 0 Å². The molecule has 0 saturated carbocycles. The molecule has 0 aromatic heterocycles. The molecule has 0 amide bonds. The van der Waals surface area contributed by atoms with E-state index in [9.17, 15) is 0 Å². The largest absolute Gasteiger partial charge is 0.328 e. The molecule has 0 spiro atoms. The molecule has 1 aliphatic carbocycles. The minimum atomic E-state index is 0.220. The zero-order chi connectivity index (χ0) is 23.3. The van der Waals surface area contributed by atoms with E-state index in [4.69, 9.17) is 16.6 Å². The summed E-state index contributed by atoms with van der Waals surface area (Å²) in [6.07, 6.45) is 17.8. The summed E-state index contributed by atoms with van der Waals surface area (Å²) >= 11 is 6.12. The zero-order valence-electron chi connectivity index (χ0n) is 20.2. The molecule has 1 N–H and O–H groups in total. The lowest BCUT2D eigenvalue weighted by atomic mass is 9.94. The Morgan fingerprint density at radius 2 is 1.91 bits per heavy atom. The SMILES string of the molecule is C/C=C\C(=C/C)C(=NC)NC(=NCc1ccc(C(C)CCC(C)Cl)cc1)C1C=CC=CC1. The van der Waals surface area contributed by atoms with Gasteiger partial charge < -0.3 is 5.32 Å². The molecule has 1 aromatic rings. The van der Waals surface area contributed by atoms with Crippen molar-refractivity contribution in [3.05, 3.63) is 83.5 Å². The van der Waals surface area contributed by atoms with Gasteiger partial charge in [0, 0.05) is 23.9 Å². The predicted octanol–water partition coefficient (Wildman–Crippen LogP) is 7.37. The highest BCUT2D eigenvalue weighted by molar-refractivity contribution is 6.20. The fourth-order valence-electron chi connectivity index (χ4n) is 3.68. The number of allylic oxidation sites excluding steroid dienone is 5. The molecule has 0 fully saturated rings. The molecule has 3 atom stereocenters. The van der Waals surface area contributed by atoms with Crippen LogP contribution < -0.4 is 5.32 Å². The Morgan fingerprint density at radius 3 is 2.47 bits per heavy atom. The van der Waals surface area contributed by atoms with Crippen LogP contribution in [0.4, 0.5) is 0 Å². The zero-order valence-corrected chi connectivity index (χ0v) is 20.9. The Morgan fingerprint density at radius 1 is 1.16 bits per heavy atom. The van der Waals surface area contributed by atoms with Crippen molar-refractivity contribution < 1.29 is 0 Å². The van der Waals surface area contributed by atoms with Crippen LogP contribution >= 0.6 is 11.6 Å². The highest BCUT2D eigenvalue weighted by Gasteiger charge is 2.16. The molecule has 3 unspecified atom stereocenters. The molecule has 32 heavy (non-hydrogen) atoms. The Bertz CT molecular complexity index is 886. The maximum atomic E-state index is 6.12. The third-order valence-electron chi connectivity index (χ3n) is 5.71. The van der Waals surface area contributed by atoms with Crippen LogP contribution in [0, 0.1) is 5.92 Å². The number of benzene rings is 1. The molecule has 4 heteroatoms.